The van der Waals surface area contributed by atoms with E-state index >= 15 is 0 Å². The zero-order valence-corrected chi connectivity index (χ0v) is 13.3. The second kappa shape index (κ2) is 6.65. The Morgan fingerprint density at radius 3 is 2.52 bits per heavy atom. The minimum absolute atomic E-state index is 0.432. The first-order chi connectivity index (χ1) is 10.3. The second-order valence-corrected chi connectivity index (χ2v) is 6.31. The highest BCUT2D eigenvalue weighted by atomic mass is 16.3. The van der Waals surface area contributed by atoms with Crippen molar-refractivity contribution in [3.8, 4) is 0 Å². The lowest BCUT2D eigenvalue weighted by atomic mass is 9.85. The van der Waals surface area contributed by atoms with Crippen LogP contribution in [-0.2, 0) is 6.42 Å². The quantitative estimate of drug-likeness (QED) is 0.778. The van der Waals surface area contributed by atoms with E-state index in [1.807, 2.05) is 0 Å². The smallest absolute Gasteiger partial charge is 0.134 e. The van der Waals surface area contributed by atoms with Crippen molar-refractivity contribution in [2.45, 2.75) is 57.9 Å². The molecule has 1 aliphatic rings. The number of hydrogen-bond donors (Lipinski definition) is 1. The van der Waals surface area contributed by atoms with Gasteiger partial charge in [-0.05, 0) is 31.9 Å². The van der Waals surface area contributed by atoms with Crippen LogP contribution in [0.5, 0.6) is 0 Å². The van der Waals surface area contributed by atoms with Crippen LogP contribution in [0, 0.1) is 5.92 Å². The molecule has 1 fully saturated rings. The molecule has 1 aliphatic carbocycles. The zero-order chi connectivity index (χ0) is 14.7. The summed E-state index contributed by atoms with van der Waals surface area (Å²) in [5.74, 6) is 1.91. The Labute approximate surface area is 127 Å². The highest BCUT2D eigenvalue weighted by molar-refractivity contribution is 5.82. The maximum absolute atomic E-state index is 6.11. The molecular weight excluding hydrogens is 258 g/mol. The largest absolute Gasteiger partial charge is 0.461 e. The average molecular weight is 285 g/mol. The van der Waals surface area contributed by atoms with Crippen LogP contribution in [0.3, 0.4) is 0 Å². The Bertz CT molecular complexity index is 578. The molecule has 21 heavy (non-hydrogen) atoms. The van der Waals surface area contributed by atoms with Crippen LogP contribution in [0.4, 0.5) is 0 Å². The van der Waals surface area contributed by atoms with E-state index in [0.717, 1.165) is 17.9 Å². The van der Waals surface area contributed by atoms with Gasteiger partial charge in [0.25, 0.3) is 0 Å². The molecule has 2 aromatic rings. The molecule has 1 saturated carbocycles. The maximum Gasteiger partial charge on any atom is 0.134 e. The fraction of sp³-hybridized carbons (Fsp3) is 0.579. The summed E-state index contributed by atoms with van der Waals surface area (Å²) in [7, 11) is 2.11. The lowest BCUT2D eigenvalue weighted by Crippen LogP contribution is -2.25. The van der Waals surface area contributed by atoms with Gasteiger partial charge in [0.2, 0.25) is 0 Å². The van der Waals surface area contributed by atoms with Crippen molar-refractivity contribution in [3.63, 3.8) is 0 Å². The zero-order valence-electron chi connectivity index (χ0n) is 13.3. The Morgan fingerprint density at radius 1 is 1.14 bits per heavy atom. The standard InChI is InChI=1S/C19H27NO/c1-3-16-18(15-12-8-9-13-17(15)21-16)19(20-2)14-10-6-4-5-7-11-14/h8-9,12-14,19-20H,3-7,10-11H2,1-2H3. The van der Waals surface area contributed by atoms with Crippen LogP contribution < -0.4 is 5.32 Å². The molecule has 2 nitrogen and oxygen atoms in total. The SMILES string of the molecule is CCc1oc2ccccc2c1C(NC)C1CCCCCC1. The normalized spacial score (nSPS) is 18.8. The Hall–Kier alpha value is -1.28. The minimum atomic E-state index is 0.432. The summed E-state index contributed by atoms with van der Waals surface area (Å²) in [5.41, 5.74) is 2.46. The lowest BCUT2D eigenvalue weighted by molar-refractivity contribution is 0.338. The van der Waals surface area contributed by atoms with E-state index < -0.39 is 0 Å². The number of benzene rings is 1. The van der Waals surface area contributed by atoms with Crippen molar-refractivity contribution in [1.82, 2.24) is 5.32 Å². The van der Waals surface area contributed by atoms with Crippen LogP contribution in [0.2, 0.25) is 0 Å². The lowest BCUT2D eigenvalue weighted by Gasteiger charge is -2.26. The molecule has 1 aromatic heterocycles. The van der Waals surface area contributed by atoms with Gasteiger partial charge in [0.15, 0.2) is 0 Å². The van der Waals surface area contributed by atoms with E-state index in [1.165, 1.54) is 55.2 Å². The van der Waals surface area contributed by atoms with Gasteiger partial charge in [0, 0.05) is 23.4 Å². The summed E-state index contributed by atoms with van der Waals surface area (Å²) in [6, 6.07) is 8.93. The first kappa shape index (κ1) is 14.6. The first-order valence-electron chi connectivity index (χ1n) is 8.52. The van der Waals surface area contributed by atoms with Crippen LogP contribution in [0.1, 0.15) is 62.8 Å². The number of rotatable bonds is 4. The van der Waals surface area contributed by atoms with E-state index in [0.29, 0.717) is 6.04 Å². The molecular formula is C19H27NO. The number of hydrogen-bond acceptors (Lipinski definition) is 2. The van der Waals surface area contributed by atoms with E-state index in [4.69, 9.17) is 4.42 Å². The van der Waals surface area contributed by atoms with Crippen molar-refractivity contribution < 1.29 is 4.42 Å². The minimum Gasteiger partial charge on any atom is -0.461 e. The molecule has 0 radical (unpaired) electrons. The van der Waals surface area contributed by atoms with E-state index in [1.54, 1.807) is 0 Å². The molecule has 0 spiro atoms. The van der Waals surface area contributed by atoms with Gasteiger partial charge in [-0.25, -0.2) is 0 Å². The summed E-state index contributed by atoms with van der Waals surface area (Å²) in [5, 5.41) is 4.91. The highest BCUT2D eigenvalue weighted by Crippen LogP contribution is 2.39. The average Bonchev–Trinajstić information content (AvgIpc) is 2.70. The summed E-state index contributed by atoms with van der Waals surface area (Å²) in [4.78, 5) is 0. The van der Waals surface area contributed by atoms with Gasteiger partial charge in [0.1, 0.15) is 11.3 Å². The van der Waals surface area contributed by atoms with Crippen molar-refractivity contribution in [1.29, 1.82) is 0 Å². The van der Waals surface area contributed by atoms with Crippen LogP contribution >= 0.6 is 0 Å². The van der Waals surface area contributed by atoms with E-state index in [-0.39, 0.29) is 0 Å². The van der Waals surface area contributed by atoms with Crippen molar-refractivity contribution >= 4 is 11.0 Å². The molecule has 1 N–H and O–H groups in total. The summed E-state index contributed by atoms with van der Waals surface area (Å²) in [6.45, 7) is 2.20. The predicted molar refractivity (Wildman–Crippen MR) is 88.6 cm³/mol. The number of fused-ring (bicyclic) bond motifs is 1. The number of furan rings is 1. The molecule has 1 heterocycles. The highest BCUT2D eigenvalue weighted by Gasteiger charge is 2.28. The first-order valence-corrected chi connectivity index (χ1v) is 8.52. The summed E-state index contributed by atoms with van der Waals surface area (Å²) >= 11 is 0. The Kier molecular flexibility index (Phi) is 4.64. The van der Waals surface area contributed by atoms with Gasteiger partial charge < -0.3 is 9.73 Å². The third-order valence-corrected chi connectivity index (χ3v) is 5.03. The van der Waals surface area contributed by atoms with Gasteiger partial charge in [0.05, 0.1) is 0 Å². The monoisotopic (exact) mass is 285 g/mol. The van der Waals surface area contributed by atoms with Gasteiger partial charge in [-0.2, -0.15) is 0 Å². The molecule has 2 heteroatoms. The molecule has 3 rings (SSSR count). The van der Waals surface area contributed by atoms with Gasteiger partial charge >= 0.3 is 0 Å². The predicted octanol–water partition coefficient (Wildman–Crippen LogP) is 5.23. The molecule has 0 aliphatic heterocycles. The number of para-hydroxylation sites is 1. The van der Waals surface area contributed by atoms with Crippen molar-refractivity contribution in [3.05, 3.63) is 35.6 Å². The number of nitrogens with one attached hydrogen (secondary N) is 1. The fourth-order valence-corrected chi connectivity index (χ4v) is 3.98. The third kappa shape index (κ3) is 2.87. The third-order valence-electron chi connectivity index (χ3n) is 5.03. The van der Waals surface area contributed by atoms with Crippen molar-refractivity contribution in [2.24, 2.45) is 5.92 Å². The van der Waals surface area contributed by atoms with E-state index in [9.17, 15) is 0 Å². The van der Waals surface area contributed by atoms with Crippen LogP contribution in [0.15, 0.2) is 28.7 Å². The van der Waals surface area contributed by atoms with Crippen LogP contribution in [0.25, 0.3) is 11.0 Å². The molecule has 0 bridgehead atoms. The molecule has 0 saturated heterocycles. The Morgan fingerprint density at radius 2 is 1.86 bits per heavy atom. The summed E-state index contributed by atoms with van der Waals surface area (Å²) < 4.78 is 6.11. The molecule has 114 valence electrons. The molecule has 0 amide bonds. The van der Waals surface area contributed by atoms with E-state index in [2.05, 4.69) is 43.6 Å². The molecule has 1 aromatic carbocycles. The maximum atomic E-state index is 6.11. The second-order valence-electron chi connectivity index (χ2n) is 6.31. The number of aryl methyl sites for hydroxylation is 1. The van der Waals surface area contributed by atoms with Gasteiger partial charge in [-0.1, -0.05) is 50.8 Å². The summed E-state index contributed by atoms with van der Waals surface area (Å²) in [6.07, 6.45) is 9.21. The molecule has 1 unspecified atom stereocenters. The molecule has 1 atom stereocenters. The van der Waals surface area contributed by atoms with Gasteiger partial charge in [-0.3, -0.25) is 0 Å². The Balaban J connectivity index is 2.02. The van der Waals surface area contributed by atoms with Gasteiger partial charge in [-0.15, -0.1) is 0 Å². The van der Waals surface area contributed by atoms with Crippen molar-refractivity contribution in [2.75, 3.05) is 7.05 Å². The van der Waals surface area contributed by atoms with Crippen LogP contribution in [-0.4, -0.2) is 7.05 Å². The fourth-order valence-electron chi connectivity index (χ4n) is 3.98. The topological polar surface area (TPSA) is 25.2 Å².